The molecule has 4 aromatic rings. The van der Waals surface area contributed by atoms with Crippen LogP contribution < -0.4 is 14.4 Å². The van der Waals surface area contributed by atoms with Crippen LogP contribution in [0.1, 0.15) is 43.7 Å². The molecule has 1 N–H and O–H groups in total. The minimum Gasteiger partial charge on any atom is -0.492 e. The van der Waals surface area contributed by atoms with Crippen LogP contribution in [0.15, 0.2) is 119 Å². The molecule has 1 unspecified atom stereocenters. The number of hydrogen-bond donors (Lipinski definition) is 1. The number of carbonyl (C=O) groups excluding carboxylic acids is 2. The lowest BCUT2D eigenvalue weighted by Gasteiger charge is -2.34. The molecule has 2 amide bonds. The Morgan fingerprint density at radius 2 is 1.51 bits per heavy atom. The van der Waals surface area contributed by atoms with Gasteiger partial charge in [-0.15, -0.1) is 0 Å². The van der Waals surface area contributed by atoms with E-state index < -0.39 is 28.5 Å². The van der Waals surface area contributed by atoms with E-state index in [0.29, 0.717) is 12.4 Å². The lowest BCUT2D eigenvalue weighted by atomic mass is 10.0. The van der Waals surface area contributed by atoms with Gasteiger partial charge in [-0.3, -0.25) is 13.9 Å². The molecule has 0 saturated heterocycles. The number of benzene rings is 4. The third-order valence-electron chi connectivity index (χ3n) is 8.26. The average molecular weight is 719 g/mol. The molecule has 1 saturated carbocycles. The van der Waals surface area contributed by atoms with E-state index in [2.05, 4.69) is 21.2 Å². The highest BCUT2D eigenvalue weighted by molar-refractivity contribution is 9.10. The molecule has 47 heavy (non-hydrogen) atoms. The molecule has 1 fully saturated rings. The Labute approximate surface area is 285 Å². The fourth-order valence-corrected chi connectivity index (χ4v) is 7.82. The van der Waals surface area contributed by atoms with Crippen molar-refractivity contribution in [2.75, 3.05) is 17.5 Å². The first-order valence-electron chi connectivity index (χ1n) is 15.9. The molecule has 0 aliphatic heterocycles. The molecule has 5 rings (SSSR count). The van der Waals surface area contributed by atoms with E-state index in [1.165, 1.54) is 17.0 Å². The van der Waals surface area contributed by atoms with Gasteiger partial charge in [-0.25, -0.2) is 8.42 Å². The summed E-state index contributed by atoms with van der Waals surface area (Å²) in [6.45, 7) is 1.67. The van der Waals surface area contributed by atoms with Crippen molar-refractivity contribution in [3.8, 4) is 5.75 Å². The van der Waals surface area contributed by atoms with E-state index in [0.717, 1.165) is 45.6 Å². The second-order valence-corrected chi connectivity index (χ2v) is 14.4. The highest BCUT2D eigenvalue weighted by Gasteiger charge is 2.36. The Bertz CT molecular complexity index is 1750. The van der Waals surface area contributed by atoms with Gasteiger partial charge in [0.2, 0.25) is 11.8 Å². The van der Waals surface area contributed by atoms with Gasteiger partial charge in [-0.05, 0) is 67.3 Å². The van der Waals surface area contributed by atoms with E-state index >= 15 is 0 Å². The predicted octanol–water partition coefficient (Wildman–Crippen LogP) is 6.74. The number of nitrogens with zero attached hydrogens (tertiary/aromatic N) is 2. The number of anilines is 1. The third kappa shape index (κ3) is 8.81. The average Bonchev–Trinajstić information content (AvgIpc) is 3.59. The highest BCUT2D eigenvalue weighted by Crippen LogP contribution is 2.33. The predicted molar refractivity (Wildman–Crippen MR) is 188 cm³/mol. The van der Waals surface area contributed by atoms with Crippen molar-refractivity contribution in [2.45, 2.75) is 62.6 Å². The van der Waals surface area contributed by atoms with Crippen LogP contribution in [0.3, 0.4) is 0 Å². The summed E-state index contributed by atoms with van der Waals surface area (Å²) in [5.41, 5.74) is 1.93. The highest BCUT2D eigenvalue weighted by atomic mass is 79.9. The maximum absolute atomic E-state index is 14.7. The first kappa shape index (κ1) is 34.2. The molecule has 10 heteroatoms. The van der Waals surface area contributed by atoms with Crippen LogP contribution >= 0.6 is 15.9 Å². The van der Waals surface area contributed by atoms with Crippen LogP contribution in [0.2, 0.25) is 0 Å². The van der Waals surface area contributed by atoms with Gasteiger partial charge in [-0.1, -0.05) is 102 Å². The van der Waals surface area contributed by atoms with Gasteiger partial charge in [0.15, 0.2) is 0 Å². The van der Waals surface area contributed by atoms with Crippen LogP contribution in [-0.2, 0) is 32.6 Å². The van der Waals surface area contributed by atoms with Gasteiger partial charge in [0.1, 0.15) is 18.3 Å². The first-order chi connectivity index (χ1) is 22.8. The van der Waals surface area contributed by atoms with Crippen LogP contribution in [-0.4, -0.2) is 50.4 Å². The van der Waals surface area contributed by atoms with Gasteiger partial charge in [0.25, 0.3) is 10.0 Å². The molecule has 1 aliphatic carbocycles. The molecule has 0 aromatic heterocycles. The molecular weight excluding hydrogens is 678 g/mol. The Hall–Kier alpha value is -4.15. The molecule has 0 radical (unpaired) electrons. The van der Waals surface area contributed by atoms with Crippen molar-refractivity contribution in [3.05, 3.63) is 125 Å². The first-order valence-corrected chi connectivity index (χ1v) is 18.2. The fraction of sp³-hybridized carbons (Fsp3) is 0.297. The van der Waals surface area contributed by atoms with Crippen LogP contribution in [0.4, 0.5) is 5.69 Å². The summed E-state index contributed by atoms with van der Waals surface area (Å²) >= 11 is 3.53. The van der Waals surface area contributed by atoms with E-state index in [1.54, 1.807) is 42.5 Å². The molecule has 1 atom stereocenters. The van der Waals surface area contributed by atoms with Crippen LogP contribution in [0.25, 0.3) is 0 Å². The summed E-state index contributed by atoms with van der Waals surface area (Å²) < 4.78 is 36.3. The van der Waals surface area contributed by atoms with Crippen LogP contribution in [0.5, 0.6) is 5.75 Å². The van der Waals surface area contributed by atoms with Crippen molar-refractivity contribution in [2.24, 2.45) is 0 Å². The number of sulfonamides is 1. The van der Waals surface area contributed by atoms with Crippen molar-refractivity contribution < 1.29 is 22.7 Å². The summed E-state index contributed by atoms with van der Waals surface area (Å²) in [5.74, 6) is -0.435. The number of nitrogens with one attached hydrogen (secondary N) is 1. The molecule has 0 bridgehead atoms. The second kappa shape index (κ2) is 16.1. The largest absolute Gasteiger partial charge is 0.492 e. The van der Waals surface area contributed by atoms with Gasteiger partial charge < -0.3 is 15.0 Å². The Morgan fingerprint density at radius 1 is 0.872 bits per heavy atom. The van der Waals surface area contributed by atoms with Crippen LogP contribution in [0, 0.1) is 0 Å². The molecule has 8 nitrogen and oxygen atoms in total. The van der Waals surface area contributed by atoms with E-state index in [9.17, 15) is 18.0 Å². The molecule has 1 aliphatic rings. The maximum Gasteiger partial charge on any atom is 0.264 e. The molecular formula is C37H40BrN3O5S. The van der Waals surface area contributed by atoms with Gasteiger partial charge in [-0.2, -0.15) is 0 Å². The zero-order chi connectivity index (χ0) is 33.2. The summed E-state index contributed by atoms with van der Waals surface area (Å²) in [6.07, 6.45) is 4.13. The smallest absolute Gasteiger partial charge is 0.264 e. The SMILES string of the molecule is CCOc1ccccc1N(CC(=O)N(Cc1cccc(Br)c1)C(Cc1ccccc1)C(=O)NC1CCCC1)S(=O)(=O)c1ccccc1. The standard InChI is InChI=1S/C37H40BrN3O5S/c1-2-46-35-23-12-11-22-33(35)41(47(44,45)32-20-7-4-8-21-32)27-36(42)40(26-29-16-13-17-30(38)24-29)34(25-28-14-5-3-6-15-28)37(43)39-31-18-9-10-19-31/h3-8,11-17,20-24,31,34H,2,9-10,18-19,25-27H2,1H3,(H,39,43). The zero-order valence-electron chi connectivity index (χ0n) is 26.4. The second-order valence-electron chi connectivity index (χ2n) is 11.6. The summed E-state index contributed by atoms with van der Waals surface area (Å²) in [5, 5.41) is 3.20. The molecule has 4 aromatic carbocycles. The molecule has 0 spiro atoms. The number of carbonyl (C=O) groups is 2. The normalized spacial score (nSPS) is 13.9. The van der Waals surface area contributed by atoms with E-state index in [-0.39, 0.29) is 35.5 Å². The van der Waals surface area contributed by atoms with Crippen molar-refractivity contribution >= 4 is 43.5 Å². The zero-order valence-corrected chi connectivity index (χ0v) is 28.8. The minimum atomic E-state index is -4.23. The number of hydrogen-bond acceptors (Lipinski definition) is 5. The Morgan fingerprint density at radius 3 is 2.19 bits per heavy atom. The quantitative estimate of drug-likeness (QED) is 0.156. The maximum atomic E-state index is 14.7. The summed E-state index contributed by atoms with van der Waals surface area (Å²) in [7, 11) is -4.23. The Balaban J connectivity index is 1.59. The summed E-state index contributed by atoms with van der Waals surface area (Å²) in [6, 6.07) is 31.1. The monoisotopic (exact) mass is 717 g/mol. The van der Waals surface area contributed by atoms with Crippen molar-refractivity contribution in [3.63, 3.8) is 0 Å². The van der Waals surface area contributed by atoms with Crippen molar-refractivity contribution in [1.82, 2.24) is 10.2 Å². The van der Waals surface area contributed by atoms with Gasteiger partial charge in [0.05, 0.1) is 17.2 Å². The van der Waals surface area contributed by atoms with E-state index in [4.69, 9.17) is 4.74 Å². The van der Waals surface area contributed by atoms with Gasteiger partial charge >= 0.3 is 0 Å². The lowest BCUT2D eigenvalue weighted by molar-refractivity contribution is -0.140. The van der Waals surface area contributed by atoms with Gasteiger partial charge in [0, 0.05) is 23.5 Å². The molecule has 0 heterocycles. The number of rotatable bonds is 14. The van der Waals surface area contributed by atoms with Crippen molar-refractivity contribution in [1.29, 1.82) is 0 Å². The van der Waals surface area contributed by atoms with E-state index in [1.807, 2.05) is 61.5 Å². The fourth-order valence-electron chi connectivity index (χ4n) is 5.93. The Kier molecular flexibility index (Phi) is 11.7. The number of para-hydroxylation sites is 2. The topological polar surface area (TPSA) is 96.0 Å². The molecule has 246 valence electrons. The lowest BCUT2D eigenvalue weighted by Crippen LogP contribution is -2.54. The number of halogens is 1. The summed E-state index contributed by atoms with van der Waals surface area (Å²) in [4.78, 5) is 30.4. The minimum absolute atomic E-state index is 0.0385. The number of ether oxygens (including phenoxy) is 1. The third-order valence-corrected chi connectivity index (χ3v) is 10.5. The number of amides is 2.